The molecule has 29 heavy (non-hydrogen) atoms. The van der Waals surface area contributed by atoms with Crippen LogP contribution in [0.15, 0.2) is 40.7 Å². The van der Waals surface area contributed by atoms with Crippen molar-refractivity contribution in [3.63, 3.8) is 0 Å². The molecule has 6 nitrogen and oxygen atoms in total. The minimum Gasteiger partial charge on any atom is -0.496 e. The van der Waals surface area contributed by atoms with Crippen molar-refractivity contribution in [1.82, 2.24) is 16.0 Å². The molecule has 0 radical (unpaired) electrons. The predicted molar refractivity (Wildman–Crippen MR) is 132 cm³/mol. The Labute approximate surface area is 194 Å². The van der Waals surface area contributed by atoms with Gasteiger partial charge in [-0.05, 0) is 55.3 Å². The lowest BCUT2D eigenvalue weighted by atomic mass is 10.1. The fourth-order valence-electron chi connectivity index (χ4n) is 2.65. The highest BCUT2D eigenvalue weighted by atomic mass is 127. The molecule has 2 rings (SSSR count). The molecule has 1 aromatic heterocycles. The fourth-order valence-corrected chi connectivity index (χ4v) is 3.29. The highest BCUT2D eigenvalue weighted by Crippen LogP contribution is 2.18. The highest BCUT2D eigenvalue weighted by molar-refractivity contribution is 14.0. The van der Waals surface area contributed by atoms with Gasteiger partial charge in [-0.25, -0.2) is 0 Å². The van der Waals surface area contributed by atoms with Crippen molar-refractivity contribution < 1.29 is 9.53 Å². The number of aliphatic imine (C=N–C) groups is 1. The Kier molecular flexibility index (Phi) is 12.4. The van der Waals surface area contributed by atoms with Crippen LogP contribution in [0.3, 0.4) is 0 Å². The van der Waals surface area contributed by atoms with Crippen molar-refractivity contribution >= 4 is 47.2 Å². The first-order valence-electron chi connectivity index (χ1n) is 9.61. The smallest absolute Gasteiger partial charge is 0.261 e. The van der Waals surface area contributed by atoms with Crippen LogP contribution in [0.25, 0.3) is 0 Å². The molecular weight excluding hydrogens is 499 g/mol. The van der Waals surface area contributed by atoms with Gasteiger partial charge in [0.2, 0.25) is 0 Å². The maximum Gasteiger partial charge on any atom is 0.261 e. The molecule has 0 atom stereocenters. The molecule has 0 saturated heterocycles. The minimum atomic E-state index is -0.0162. The van der Waals surface area contributed by atoms with Crippen molar-refractivity contribution in [3.8, 4) is 5.75 Å². The van der Waals surface area contributed by atoms with E-state index in [0.29, 0.717) is 13.1 Å². The Hall–Kier alpha value is -1.81. The molecule has 1 amide bonds. The molecule has 0 aliphatic carbocycles. The number of hydrogen-bond donors (Lipinski definition) is 3. The second-order valence-electron chi connectivity index (χ2n) is 6.33. The summed E-state index contributed by atoms with van der Waals surface area (Å²) >= 11 is 1.45. The van der Waals surface area contributed by atoms with E-state index in [1.807, 2.05) is 31.4 Å². The van der Waals surface area contributed by atoms with E-state index in [-0.39, 0.29) is 29.9 Å². The number of carbonyl (C=O) groups excluding carboxylic acids is 1. The van der Waals surface area contributed by atoms with Crippen LogP contribution >= 0.6 is 35.3 Å². The molecule has 0 aliphatic rings. The number of ether oxygens (including phenoxy) is 1. The molecular formula is C21H31IN4O2S. The van der Waals surface area contributed by atoms with Crippen LogP contribution in [0.1, 0.15) is 34.1 Å². The third kappa shape index (κ3) is 9.03. The van der Waals surface area contributed by atoms with E-state index in [2.05, 4.69) is 39.1 Å². The zero-order valence-corrected chi connectivity index (χ0v) is 20.4. The van der Waals surface area contributed by atoms with E-state index in [1.54, 1.807) is 7.11 Å². The largest absolute Gasteiger partial charge is 0.496 e. The molecule has 1 heterocycles. The third-order valence-corrected chi connectivity index (χ3v) is 5.03. The quantitative estimate of drug-likeness (QED) is 0.190. The Morgan fingerprint density at radius 1 is 1.17 bits per heavy atom. The van der Waals surface area contributed by atoms with Crippen molar-refractivity contribution in [2.75, 3.05) is 33.3 Å². The Bertz CT molecular complexity index is 766. The van der Waals surface area contributed by atoms with E-state index in [0.717, 1.165) is 48.1 Å². The van der Waals surface area contributed by atoms with Gasteiger partial charge in [0.15, 0.2) is 5.96 Å². The van der Waals surface area contributed by atoms with Crippen LogP contribution in [0, 0.1) is 6.92 Å². The predicted octanol–water partition coefficient (Wildman–Crippen LogP) is 3.60. The van der Waals surface area contributed by atoms with Gasteiger partial charge in [-0.2, -0.15) is 0 Å². The van der Waals surface area contributed by atoms with Crippen molar-refractivity contribution in [2.24, 2.45) is 4.99 Å². The number of amides is 1. The van der Waals surface area contributed by atoms with E-state index >= 15 is 0 Å². The standard InChI is InChI=1S/C21H30N4O2S.HI/c1-4-22-21(24-12-6-11-23-20(26)19-7-5-14-28-19)25-13-10-17-9-8-16(2)18(15-17)27-3;/h5,7-9,14-15H,4,6,10-13H2,1-3H3,(H,23,26)(H2,22,24,25);1H. The average molecular weight is 530 g/mol. The topological polar surface area (TPSA) is 74.8 Å². The molecule has 0 fully saturated rings. The summed E-state index contributed by atoms with van der Waals surface area (Å²) in [4.78, 5) is 17.2. The van der Waals surface area contributed by atoms with Crippen LogP contribution in [0.4, 0.5) is 0 Å². The SMILES string of the molecule is CCNC(=NCCCNC(=O)c1cccs1)NCCc1ccc(C)c(OC)c1.I. The number of benzene rings is 1. The van der Waals surface area contributed by atoms with Gasteiger partial charge in [0.05, 0.1) is 12.0 Å². The molecule has 160 valence electrons. The number of nitrogens with zero attached hydrogens (tertiary/aromatic N) is 1. The number of guanidine groups is 1. The van der Waals surface area contributed by atoms with Gasteiger partial charge < -0.3 is 20.7 Å². The molecule has 3 N–H and O–H groups in total. The van der Waals surface area contributed by atoms with Crippen LogP contribution < -0.4 is 20.7 Å². The second kappa shape index (κ2) is 14.2. The molecule has 0 aliphatic heterocycles. The molecule has 2 aromatic rings. The number of nitrogens with one attached hydrogen (secondary N) is 3. The summed E-state index contributed by atoms with van der Waals surface area (Å²) in [5.74, 6) is 1.70. The van der Waals surface area contributed by atoms with Crippen LogP contribution in [0.2, 0.25) is 0 Å². The number of aryl methyl sites for hydroxylation is 1. The summed E-state index contributed by atoms with van der Waals surface area (Å²) in [6.45, 7) is 6.94. The van der Waals surface area contributed by atoms with Crippen LogP contribution in [-0.2, 0) is 6.42 Å². The maximum atomic E-state index is 11.9. The lowest BCUT2D eigenvalue weighted by Crippen LogP contribution is -2.38. The minimum absolute atomic E-state index is 0. The number of hydrogen-bond acceptors (Lipinski definition) is 4. The zero-order valence-electron chi connectivity index (χ0n) is 17.3. The number of carbonyl (C=O) groups is 1. The third-order valence-electron chi connectivity index (χ3n) is 4.16. The molecule has 8 heteroatoms. The Morgan fingerprint density at radius 3 is 2.69 bits per heavy atom. The first kappa shape index (κ1) is 25.2. The van der Waals surface area contributed by atoms with E-state index in [1.165, 1.54) is 16.9 Å². The summed E-state index contributed by atoms with van der Waals surface area (Å²) in [6, 6.07) is 10.00. The number of halogens is 1. The van der Waals surface area contributed by atoms with Gasteiger partial charge in [-0.3, -0.25) is 9.79 Å². The lowest BCUT2D eigenvalue weighted by Gasteiger charge is -2.12. The highest BCUT2D eigenvalue weighted by Gasteiger charge is 2.05. The normalized spacial score (nSPS) is 10.8. The van der Waals surface area contributed by atoms with Gasteiger partial charge in [0.1, 0.15) is 5.75 Å². The lowest BCUT2D eigenvalue weighted by molar-refractivity contribution is 0.0957. The molecule has 0 saturated carbocycles. The van der Waals surface area contributed by atoms with Crippen LogP contribution in [0.5, 0.6) is 5.75 Å². The Morgan fingerprint density at radius 2 is 2.00 bits per heavy atom. The number of rotatable bonds is 10. The summed E-state index contributed by atoms with van der Waals surface area (Å²) in [7, 11) is 1.70. The van der Waals surface area contributed by atoms with Gasteiger partial charge in [-0.1, -0.05) is 18.2 Å². The van der Waals surface area contributed by atoms with Gasteiger partial charge in [-0.15, -0.1) is 35.3 Å². The summed E-state index contributed by atoms with van der Waals surface area (Å²) in [6.07, 6.45) is 1.68. The first-order chi connectivity index (χ1) is 13.6. The van der Waals surface area contributed by atoms with Gasteiger partial charge in [0.25, 0.3) is 5.91 Å². The van der Waals surface area contributed by atoms with E-state index in [9.17, 15) is 4.79 Å². The number of methoxy groups -OCH3 is 1. The second-order valence-corrected chi connectivity index (χ2v) is 7.28. The molecule has 1 aromatic carbocycles. The molecule has 0 bridgehead atoms. The van der Waals surface area contributed by atoms with E-state index in [4.69, 9.17) is 4.74 Å². The van der Waals surface area contributed by atoms with Gasteiger partial charge in [0, 0.05) is 26.2 Å². The van der Waals surface area contributed by atoms with Crippen LogP contribution in [-0.4, -0.2) is 45.2 Å². The van der Waals surface area contributed by atoms with E-state index < -0.39 is 0 Å². The monoisotopic (exact) mass is 530 g/mol. The summed E-state index contributed by atoms with van der Waals surface area (Å²) in [5.41, 5.74) is 2.36. The molecule has 0 unspecified atom stereocenters. The number of thiophene rings is 1. The zero-order chi connectivity index (χ0) is 20.2. The van der Waals surface area contributed by atoms with Crippen molar-refractivity contribution in [2.45, 2.75) is 26.7 Å². The molecule has 0 spiro atoms. The first-order valence-corrected chi connectivity index (χ1v) is 10.5. The maximum absolute atomic E-state index is 11.9. The van der Waals surface area contributed by atoms with Crippen molar-refractivity contribution in [1.29, 1.82) is 0 Å². The van der Waals surface area contributed by atoms with Crippen molar-refractivity contribution in [3.05, 3.63) is 51.7 Å². The Balaban J connectivity index is 0.00000420. The summed E-state index contributed by atoms with van der Waals surface area (Å²) < 4.78 is 5.38. The average Bonchev–Trinajstić information content (AvgIpc) is 3.23. The van der Waals surface area contributed by atoms with Gasteiger partial charge >= 0.3 is 0 Å². The summed E-state index contributed by atoms with van der Waals surface area (Å²) in [5, 5.41) is 11.4. The fraction of sp³-hybridized carbons (Fsp3) is 0.429.